The van der Waals surface area contributed by atoms with Crippen LogP contribution in [0.4, 0.5) is 4.39 Å². The van der Waals surface area contributed by atoms with Crippen LogP contribution in [0.5, 0.6) is 0 Å². The number of hydrogen-bond acceptors (Lipinski definition) is 3. The Morgan fingerprint density at radius 3 is 2.70 bits per heavy atom. The zero-order valence-electron chi connectivity index (χ0n) is 16.1. The third-order valence-electron chi connectivity index (χ3n) is 5.04. The molecule has 1 aromatic heterocycles. The van der Waals surface area contributed by atoms with Crippen molar-refractivity contribution in [2.24, 2.45) is 0 Å². The maximum absolute atomic E-state index is 14.0. The van der Waals surface area contributed by atoms with E-state index in [0.717, 1.165) is 50.5 Å². The fourth-order valence-corrected chi connectivity index (χ4v) is 3.56. The first-order valence-corrected chi connectivity index (χ1v) is 9.54. The fraction of sp³-hybridized carbons (Fsp3) is 0.476. The highest BCUT2D eigenvalue weighted by Crippen LogP contribution is 2.18. The van der Waals surface area contributed by atoms with Crippen molar-refractivity contribution in [3.05, 3.63) is 58.7 Å². The van der Waals surface area contributed by atoms with Crippen molar-refractivity contribution in [2.75, 3.05) is 39.4 Å². The lowest BCUT2D eigenvalue weighted by atomic mass is 10.2. The Bertz CT molecular complexity index is 782. The van der Waals surface area contributed by atoms with Crippen molar-refractivity contribution in [3.8, 4) is 0 Å². The molecule has 3 rings (SSSR count). The van der Waals surface area contributed by atoms with Crippen molar-refractivity contribution in [2.45, 2.75) is 26.8 Å². The molecule has 27 heavy (non-hydrogen) atoms. The number of ether oxygens (including phenoxy) is 1. The molecule has 1 amide bonds. The minimum atomic E-state index is -0.250. The molecular formula is C21H28FN3O2. The number of amides is 1. The molecular weight excluding hydrogens is 345 g/mol. The summed E-state index contributed by atoms with van der Waals surface area (Å²) in [5, 5.41) is 3.02. The maximum Gasteiger partial charge on any atom is 0.268 e. The zero-order chi connectivity index (χ0) is 19.2. The van der Waals surface area contributed by atoms with E-state index in [1.165, 1.54) is 6.07 Å². The van der Waals surface area contributed by atoms with Gasteiger partial charge in [-0.05, 0) is 44.5 Å². The van der Waals surface area contributed by atoms with Gasteiger partial charge in [0, 0.05) is 30.9 Å². The number of aromatic nitrogens is 1. The molecule has 0 aliphatic carbocycles. The molecule has 0 unspecified atom stereocenters. The minimum Gasteiger partial charge on any atom is -0.379 e. The summed E-state index contributed by atoms with van der Waals surface area (Å²) in [6.07, 6.45) is 0.901. The lowest BCUT2D eigenvalue weighted by Crippen LogP contribution is -2.38. The van der Waals surface area contributed by atoms with E-state index >= 15 is 0 Å². The molecule has 146 valence electrons. The van der Waals surface area contributed by atoms with E-state index in [-0.39, 0.29) is 11.7 Å². The standard InChI is InChI=1S/C21H28FN3O2/c1-16-14-17(2)25(15-18-6-3-4-7-19(18)22)20(16)21(26)23-8-5-9-24-10-12-27-13-11-24/h3-4,6-7,14H,5,8-13,15H2,1-2H3,(H,23,26). The molecule has 1 N–H and O–H groups in total. The second kappa shape index (κ2) is 9.15. The van der Waals surface area contributed by atoms with Crippen LogP contribution in [0, 0.1) is 19.7 Å². The first-order chi connectivity index (χ1) is 13.1. The molecule has 0 saturated carbocycles. The number of morpholine rings is 1. The highest BCUT2D eigenvalue weighted by Gasteiger charge is 2.18. The molecule has 0 atom stereocenters. The smallest absolute Gasteiger partial charge is 0.268 e. The van der Waals surface area contributed by atoms with Crippen molar-refractivity contribution in [1.82, 2.24) is 14.8 Å². The number of carbonyl (C=O) groups is 1. The predicted molar refractivity (Wildman–Crippen MR) is 104 cm³/mol. The van der Waals surface area contributed by atoms with Gasteiger partial charge in [-0.15, -0.1) is 0 Å². The van der Waals surface area contributed by atoms with Crippen LogP contribution in [0.1, 0.15) is 33.7 Å². The maximum atomic E-state index is 14.0. The van der Waals surface area contributed by atoms with E-state index in [1.54, 1.807) is 12.1 Å². The second-order valence-electron chi connectivity index (χ2n) is 7.06. The van der Waals surface area contributed by atoms with Gasteiger partial charge < -0.3 is 14.6 Å². The Hall–Kier alpha value is -2.18. The topological polar surface area (TPSA) is 46.5 Å². The normalized spacial score (nSPS) is 15.1. The molecule has 1 aliphatic heterocycles. The van der Waals surface area contributed by atoms with Gasteiger partial charge in [-0.2, -0.15) is 0 Å². The van der Waals surface area contributed by atoms with Gasteiger partial charge in [-0.25, -0.2) is 4.39 Å². The van der Waals surface area contributed by atoms with Crippen LogP contribution >= 0.6 is 0 Å². The van der Waals surface area contributed by atoms with Crippen LogP contribution in [-0.2, 0) is 11.3 Å². The quantitative estimate of drug-likeness (QED) is 0.759. The van der Waals surface area contributed by atoms with Crippen molar-refractivity contribution in [3.63, 3.8) is 0 Å². The summed E-state index contributed by atoms with van der Waals surface area (Å²) in [6, 6.07) is 8.67. The van der Waals surface area contributed by atoms with Gasteiger partial charge in [0.05, 0.1) is 19.8 Å². The Labute approximate surface area is 160 Å². The number of halogens is 1. The minimum absolute atomic E-state index is 0.0982. The van der Waals surface area contributed by atoms with Gasteiger partial charge in [-0.3, -0.25) is 9.69 Å². The van der Waals surface area contributed by atoms with E-state index < -0.39 is 0 Å². The average molecular weight is 373 g/mol. The number of carbonyl (C=O) groups excluding carboxylic acids is 1. The third kappa shape index (κ3) is 4.96. The van der Waals surface area contributed by atoms with Gasteiger partial charge >= 0.3 is 0 Å². The van der Waals surface area contributed by atoms with Gasteiger partial charge in [0.1, 0.15) is 11.5 Å². The van der Waals surface area contributed by atoms with E-state index in [1.807, 2.05) is 30.5 Å². The molecule has 1 aromatic carbocycles. The van der Waals surface area contributed by atoms with Gasteiger partial charge in [0.15, 0.2) is 0 Å². The predicted octanol–water partition coefficient (Wildman–Crippen LogP) is 2.74. The van der Waals surface area contributed by atoms with Gasteiger partial charge in [0.2, 0.25) is 0 Å². The third-order valence-corrected chi connectivity index (χ3v) is 5.04. The van der Waals surface area contributed by atoms with E-state index in [2.05, 4.69) is 10.2 Å². The monoisotopic (exact) mass is 373 g/mol. The number of nitrogens with one attached hydrogen (secondary N) is 1. The summed E-state index contributed by atoms with van der Waals surface area (Å²) in [4.78, 5) is 15.1. The van der Waals surface area contributed by atoms with Crippen molar-refractivity contribution >= 4 is 5.91 Å². The molecule has 1 fully saturated rings. The average Bonchev–Trinajstić information content (AvgIpc) is 2.94. The highest BCUT2D eigenvalue weighted by atomic mass is 19.1. The summed E-state index contributed by atoms with van der Waals surface area (Å²) in [5.41, 5.74) is 3.06. The highest BCUT2D eigenvalue weighted by molar-refractivity contribution is 5.94. The van der Waals surface area contributed by atoms with Crippen molar-refractivity contribution in [1.29, 1.82) is 0 Å². The van der Waals surface area contributed by atoms with Crippen molar-refractivity contribution < 1.29 is 13.9 Å². The second-order valence-corrected chi connectivity index (χ2v) is 7.06. The van der Waals surface area contributed by atoms with Crippen LogP contribution in [0.2, 0.25) is 0 Å². The summed E-state index contributed by atoms with van der Waals surface area (Å²) in [7, 11) is 0. The lowest BCUT2D eigenvalue weighted by molar-refractivity contribution is 0.0374. The van der Waals surface area contributed by atoms with Gasteiger partial charge in [0.25, 0.3) is 5.91 Å². The summed E-state index contributed by atoms with van der Waals surface area (Å²) < 4.78 is 21.3. The Morgan fingerprint density at radius 2 is 1.96 bits per heavy atom. The molecule has 2 heterocycles. The van der Waals surface area contributed by atoms with Crippen LogP contribution in [0.25, 0.3) is 0 Å². The Kier molecular flexibility index (Phi) is 6.63. The molecule has 6 heteroatoms. The van der Waals surface area contributed by atoms with E-state index in [9.17, 15) is 9.18 Å². The molecule has 1 saturated heterocycles. The summed E-state index contributed by atoms with van der Waals surface area (Å²) >= 11 is 0. The molecule has 0 bridgehead atoms. The molecule has 1 aliphatic rings. The Balaban J connectivity index is 1.61. The summed E-state index contributed by atoms with van der Waals surface area (Å²) in [5.74, 6) is -0.348. The first kappa shape index (κ1) is 19.6. The largest absolute Gasteiger partial charge is 0.379 e. The van der Waals surface area contributed by atoms with Crippen LogP contribution < -0.4 is 5.32 Å². The fourth-order valence-electron chi connectivity index (χ4n) is 3.56. The zero-order valence-corrected chi connectivity index (χ0v) is 16.1. The number of hydrogen-bond donors (Lipinski definition) is 1. The SMILES string of the molecule is Cc1cc(C)n(Cc2ccccc2F)c1C(=O)NCCCN1CCOCC1. The van der Waals surface area contributed by atoms with Crippen LogP contribution in [0.3, 0.4) is 0 Å². The van der Waals surface area contributed by atoms with E-state index in [0.29, 0.717) is 24.3 Å². The van der Waals surface area contributed by atoms with Gasteiger partial charge in [-0.1, -0.05) is 18.2 Å². The number of aryl methyl sites for hydroxylation is 2. The molecule has 2 aromatic rings. The van der Waals surface area contributed by atoms with Crippen LogP contribution in [0.15, 0.2) is 30.3 Å². The number of benzene rings is 1. The molecule has 0 radical (unpaired) electrons. The molecule has 5 nitrogen and oxygen atoms in total. The molecule has 0 spiro atoms. The van der Waals surface area contributed by atoms with E-state index in [4.69, 9.17) is 4.74 Å². The number of rotatable bonds is 7. The first-order valence-electron chi connectivity index (χ1n) is 9.54. The number of nitrogens with zero attached hydrogens (tertiary/aromatic N) is 2. The summed E-state index contributed by atoms with van der Waals surface area (Å²) in [6.45, 7) is 9.29. The van der Waals surface area contributed by atoms with Crippen LogP contribution in [-0.4, -0.2) is 54.8 Å². The lowest BCUT2D eigenvalue weighted by Gasteiger charge is -2.26. The Morgan fingerprint density at radius 1 is 1.22 bits per heavy atom.